The fraction of sp³-hybridized carbons (Fsp3) is 0.280. The Morgan fingerprint density at radius 2 is 1.79 bits per heavy atom. The highest BCUT2D eigenvalue weighted by Crippen LogP contribution is 2.58. The lowest BCUT2D eigenvalue weighted by molar-refractivity contribution is -0.219. The van der Waals surface area contributed by atoms with Gasteiger partial charge in [0.15, 0.2) is 0 Å². The molecule has 0 bridgehead atoms. The average Bonchev–Trinajstić information content (AvgIpc) is 3.59. The maximum atomic E-state index is 14.1. The smallest absolute Gasteiger partial charge is 0.294 e. The molecule has 14 heteroatoms. The maximum absolute atomic E-state index is 14.1. The minimum atomic E-state index is -4.39. The summed E-state index contributed by atoms with van der Waals surface area (Å²) < 4.78 is 45.8. The molecule has 0 amide bonds. The van der Waals surface area contributed by atoms with Gasteiger partial charge in [-0.15, -0.1) is 0 Å². The van der Waals surface area contributed by atoms with E-state index >= 15 is 0 Å². The van der Waals surface area contributed by atoms with Crippen LogP contribution in [0.5, 0.6) is 0 Å². The summed E-state index contributed by atoms with van der Waals surface area (Å²) in [7, 11) is 0. The van der Waals surface area contributed by atoms with Gasteiger partial charge >= 0.3 is 6.18 Å². The Hall–Kier alpha value is -2.73. The molecule has 4 aromatic rings. The van der Waals surface area contributed by atoms with Crippen molar-refractivity contribution in [2.45, 2.75) is 37.4 Å². The molecule has 1 saturated carbocycles. The molecule has 0 spiro atoms. The largest absolute Gasteiger partial charge is 0.400 e. The van der Waals surface area contributed by atoms with E-state index in [1.165, 1.54) is 6.33 Å². The number of hydrazone groups is 1. The zero-order valence-electron chi connectivity index (χ0n) is 20.0. The summed E-state index contributed by atoms with van der Waals surface area (Å²) in [4.78, 5) is 9.00. The van der Waals surface area contributed by atoms with Crippen LogP contribution in [-0.2, 0) is 6.54 Å². The minimum Gasteiger partial charge on any atom is -0.294 e. The third-order valence-electron chi connectivity index (χ3n) is 6.96. The molecule has 7 nitrogen and oxygen atoms in total. The molecule has 2 aliphatic rings. The highest BCUT2D eigenvalue weighted by Gasteiger charge is 2.63. The summed E-state index contributed by atoms with van der Waals surface area (Å²) in [5.74, 6) is 0.481. The number of imidazole rings is 1. The van der Waals surface area contributed by atoms with Crippen LogP contribution in [0.4, 0.5) is 13.2 Å². The predicted octanol–water partition coefficient (Wildman–Crippen LogP) is 7.52. The SMILES string of the molecule is FC(F)(F)C1(C2=NNC(c3nc(-c4ccc(Cl)cc4Cl)n(-c4ccc(Cl)cc4)c3Cn3cncn3)S2)CCC1. The molecule has 1 unspecified atom stereocenters. The van der Waals surface area contributed by atoms with E-state index in [-0.39, 0.29) is 24.4 Å². The van der Waals surface area contributed by atoms with Gasteiger partial charge < -0.3 is 0 Å². The van der Waals surface area contributed by atoms with Crippen molar-refractivity contribution in [1.82, 2.24) is 29.7 Å². The molecule has 1 fully saturated rings. The van der Waals surface area contributed by atoms with Gasteiger partial charge in [-0.3, -0.25) is 9.99 Å². The van der Waals surface area contributed by atoms with Gasteiger partial charge in [-0.1, -0.05) is 53.0 Å². The number of aromatic nitrogens is 5. The van der Waals surface area contributed by atoms with Crippen molar-refractivity contribution in [3.63, 3.8) is 0 Å². The Morgan fingerprint density at radius 3 is 2.41 bits per heavy atom. The first-order chi connectivity index (χ1) is 18.7. The van der Waals surface area contributed by atoms with Gasteiger partial charge in [-0.05, 0) is 55.3 Å². The Bertz CT molecular complexity index is 1550. The molecule has 1 aliphatic heterocycles. The van der Waals surface area contributed by atoms with Crippen molar-refractivity contribution in [3.8, 4) is 17.1 Å². The quantitative estimate of drug-likeness (QED) is 0.244. The molecular formula is C25H19Cl3F3N7S. The Labute approximate surface area is 240 Å². The number of nitrogens with one attached hydrogen (secondary N) is 1. The van der Waals surface area contributed by atoms with Gasteiger partial charge in [0, 0.05) is 21.3 Å². The lowest BCUT2D eigenvalue weighted by Crippen LogP contribution is -2.48. The fourth-order valence-corrected chi connectivity index (χ4v) is 6.69. The Morgan fingerprint density at radius 1 is 1.05 bits per heavy atom. The van der Waals surface area contributed by atoms with Gasteiger partial charge in [0.25, 0.3) is 0 Å². The van der Waals surface area contributed by atoms with Crippen LogP contribution in [-0.4, -0.2) is 35.5 Å². The number of hydrogen-bond donors (Lipinski definition) is 1. The number of thioether (sulfide) groups is 1. The highest BCUT2D eigenvalue weighted by atomic mass is 35.5. The zero-order valence-corrected chi connectivity index (χ0v) is 23.0. The summed E-state index contributed by atoms with van der Waals surface area (Å²) in [5.41, 5.74) is 3.48. The molecule has 1 N–H and O–H groups in total. The van der Waals surface area contributed by atoms with Crippen molar-refractivity contribution in [2.75, 3.05) is 0 Å². The molecular weight excluding hydrogens is 594 g/mol. The molecule has 39 heavy (non-hydrogen) atoms. The van der Waals surface area contributed by atoms with Crippen LogP contribution in [0, 0.1) is 5.41 Å². The topological polar surface area (TPSA) is 72.9 Å². The average molecular weight is 613 g/mol. The lowest BCUT2D eigenvalue weighted by atomic mass is 9.69. The first kappa shape index (κ1) is 26.5. The summed E-state index contributed by atoms with van der Waals surface area (Å²) >= 11 is 20.0. The number of rotatable bonds is 6. The molecule has 3 heterocycles. The van der Waals surface area contributed by atoms with Gasteiger partial charge in [0.1, 0.15) is 34.3 Å². The molecule has 0 saturated heterocycles. The molecule has 0 radical (unpaired) electrons. The van der Waals surface area contributed by atoms with Crippen molar-refractivity contribution in [3.05, 3.63) is 81.6 Å². The second kappa shape index (κ2) is 10.0. The minimum absolute atomic E-state index is 0.0212. The van der Waals surface area contributed by atoms with Crippen molar-refractivity contribution < 1.29 is 13.2 Å². The van der Waals surface area contributed by atoms with Gasteiger partial charge in [0.05, 0.1) is 23.0 Å². The lowest BCUT2D eigenvalue weighted by Gasteiger charge is -2.42. The van der Waals surface area contributed by atoms with Crippen LogP contribution in [0.15, 0.2) is 60.2 Å². The molecule has 2 aromatic carbocycles. The van der Waals surface area contributed by atoms with E-state index in [1.54, 1.807) is 41.3 Å². The van der Waals surface area contributed by atoms with Gasteiger partial charge in [-0.2, -0.15) is 23.4 Å². The van der Waals surface area contributed by atoms with Crippen molar-refractivity contribution >= 4 is 51.6 Å². The van der Waals surface area contributed by atoms with Crippen molar-refractivity contribution in [1.29, 1.82) is 0 Å². The van der Waals surface area contributed by atoms with Crippen molar-refractivity contribution in [2.24, 2.45) is 10.5 Å². The zero-order chi connectivity index (χ0) is 27.4. The van der Waals surface area contributed by atoms with E-state index in [2.05, 4.69) is 20.6 Å². The van der Waals surface area contributed by atoms with Crippen LogP contribution in [0.3, 0.4) is 0 Å². The number of benzene rings is 2. The van der Waals surface area contributed by atoms with Crippen LogP contribution >= 0.6 is 46.6 Å². The third-order valence-corrected chi connectivity index (χ3v) is 9.03. The normalized spacial score (nSPS) is 18.5. The van der Waals surface area contributed by atoms with E-state index in [0.29, 0.717) is 44.3 Å². The highest BCUT2D eigenvalue weighted by molar-refractivity contribution is 8.14. The molecule has 6 rings (SSSR count). The van der Waals surface area contributed by atoms with E-state index in [4.69, 9.17) is 39.8 Å². The third kappa shape index (κ3) is 4.69. The van der Waals surface area contributed by atoms with E-state index < -0.39 is 17.0 Å². The Kier molecular flexibility index (Phi) is 6.81. The molecule has 202 valence electrons. The first-order valence-electron chi connectivity index (χ1n) is 11.9. The molecule has 1 aliphatic carbocycles. The van der Waals surface area contributed by atoms with Crippen LogP contribution < -0.4 is 5.43 Å². The molecule has 1 atom stereocenters. The number of halogens is 6. The van der Waals surface area contributed by atoms with E-state index in [1.807, 2.05) is 16.7 Å². The maximum Gasteiger partial charge on any atom is 0.400 e. The van der Waals surface area contributed by atoms with Crippen LogP contribution in [0.2, 0.25) is 15.1 Å². The number of hydrogen-bond acceptors (Lipinski definition) is 6. The number of alkyl halides is 3. The standard InChI is InChI=1S/C25H19Cl3F3N7S/c26-14-2-5-16(6-3-14)38-19(11-37-13-32-12-33-37)20(34-21(38)17-7-4-15(27)10-18(17)28)22-35-36-23(39-22)24(8-1-9-24)25(29,30)31/h2-7,10,12-13,22,35H,1,8-9,11H2. The summed E-state index contributed by atoms with van der Waals surface area (Å²) in [6.45, 7) is 0.231. The van der Waals surface area contributed by atoms with Gasteiger partial charge in [-0.25, -0.2) is 14.6 Å². The van der Waals surface area contributed by atoms with E-state index in [9.17, 15) is 13.2 Å². The summed E-state index contributed by atoms with van der Waals surface area (Å²) in [6, 6.07) is 12.2. The Balaban J connectivity index is 1.51. The first-order valence-corrected chi connectivity index (χ1v) is 13.9. The fourth-order valence-electron chi connectivity index (χ4n) is 4.79. The van der Waals surface area contributed by atoms with E-state index in [0.717, 1.165) is 17.4 Å². The summed E-state index contributed by atoms with van der Waals surface area (Å²) in [5, 5.41) is 9.17. The van der Waals surface area contributed by atoms with Crippen LogP contribution in [0.1, 0.15) is 36.0 Å². The van der Waals surface area contributed by atoms with Gasteiger partial charge in [0.2, 0.25) is 0 Å². The molecule has 2 aromatic heterocycles. The second-order valence-electron chi connectivity index (χ2n) is 9.27. The predicted molar refractivity (Wildman–Crippen MR) is 146 cm³/mol. The number of nitrogens with zero attached hydrogens (tertiary/aromatic N) is 6. The summed E-state index contributed by atoms with van der Waals surface area (Å²) in [6.07, 6.45) is -0.871. The van der Waals surface area contributed by atoms with Crippen LogP contribution in [0.25, 0.3) is 17.1 Å². The second-order valence-corrected chi connectivity index (χ2v) is 11.6. The monoisotopic (exact) mass is 611 g/mol.